The summed E-state index contributed by atoms with van der Waals surface area (Å²) >= 11 is 0. The molecule has 1 aliphatic heterocycles. The Morgan fingerprint density at radius 1 is 1.05 bits per heavy atom. The molecule has 1 atom stereocenters. The molecule has 0 saturated heterocycles. The molecule has 0 fully saturated rings. The Morgan fingerprint density at radius 2 is 1.91 bits per heavy atom. The molecule has 0 aromatic heterocycles. The zero-order valence-corrected chi connectivity index (χ0v) is 12.9. The number of fused-ring (bicyclic) bond motifs is 3. The monoisotopic (exact) mass is 289 g/mol. The van der Waals surface area contributed by atoms with Gasteiger partial charge in [0.05, 0.1) is 13.2 Å². The molecule has 1 N–H and O–H groups in total. The quantitative estimate of drug-likeness (QED) is 0.727. The summed E-state index contributed by atoms with van der Waals surface area (Å²) in [5, 5.41) is 6.34. The van der Waals surface area contributed by atoms with E-state index in [1.54, 1.807) is 7.11 Å². The second kappa shape index (κ2) is 5.06. The summed E-state index contributed by atoms with van der Waals surface area (Å²) in [6, 6.07) is 19.7. The Morgan fingerprint density at radius 3 is 2.73 bits per heavy atom. The fourth-order valence-corrected chi connectivity index (χ4v) is 3.46. The molecule has 1 aliphatic rings. The van der Waals surface area contributed by atoms with Crippen LogP contribution in [0.15, 0.2) is 54.6 Å². The molecule has 0 radical (unpaired) electrons. The van der Waals surface area contributed by atoms with E-state index in [0.717, 1.165) is 12.2 Å². The van der Waals surface area contributed by atoms with Crippen molar-refractivity contribution in [2.45, 2.75) is 19.4 Å². The van der Waals surface area contributed by atoms with E-state index in [2.05, 4.69) is 60.8 Å². The Balaban J connectivity index is 1.74. The molecule has 0 saturated carbocycles. The maximum atomic E-state index is 5.31. The lowest BCUT2D eigenvalue weighted by Crippen LogP contribution is -2.07. The third-order valence-corrected chi connectivity index (χ3v) is 4.61. The van der Waals surface area contributed by atoms with Gasteiger partial charge in [-0.15, -0.1) is 0 Å². The maximum Gasteiger partial charge on any atom is 0.119 e. The summed E-state index contributed by atoms with van der Waals surface area (Å²) < 4.78 is 5.31. The number of hydrogen-bond acceptors (Lipinski definition) is 2. The third kappa shape index (κ3) is 2.03. The smallest absolute Gasteiger partial charge is 0.119 e. The maximum absolute atomic E-state index is 5.31. The van der Waals surface area contributed by atoms with Crippen LogP contribution in [0.3, 0.4) is 0 Å². The van der Waals surface area contributed by atoms with Gasteiger partial charge in [-0.3, -0.25) is 0 Å². The lowest BCUT2D eigenvalue weighted by Gasteiger charge is -2.16. The highest BCUT2D eigenvalue weighted by atomic mass is 16.5. The molecule has 2 nitrogen and oxygen atoms in total. The largest absolute Gasteiger partial charge is 0.497 e. The van der Waals surface area contributed by atoms with Crippen LogP contribution in [0.1, 0.15) is 22.7 Å². The number of methoxy groups -OCH3 is 1. The minimum Gasteiger partial charge on any atom is -0.497 e. The van der Waals surface area contributed by atoms with Gasteiger partial charge in [0.15, 0.2) is 0 Å². The zero-order valence-electron chi connectivity index (χ0n) is 12.9. The summed E-state index contributed by atoms with van der Waals surface area (Å²) in [6.45, 7) is 2.15. The highest BCUT2D eigenvalue weighted by molar-refractivity contribution is 5.96. The summed E-state index contributed by atoms with van der Waals surface area (Å²) in [6.07, 6.45) is 1.04. The molecule has 110 valence electrons. The Bertz CT molecular complexity index is 853. The predicted molar refractivity (Wildman–Crippen MR) is 91.7 cm³/mol. The van der Waals surface area contributed by atoms with Crippen molar-refractivity contribution in [3.63, 3.8) is 0 Å². The van der Waals surface area contributed by atoms with E-state index < -0.39 is 0 Å². The van der Waals surface area contributed by atoms with Crippen molar-refractivity contribution in [1.82, 2.24) is 0 Å². The SMILES string of the molecule is COc1ccc(C2Cc3ccc4ccccc4c3N2)c(C)c1. The summed E-state index contributed by atoms with van der Waals surface area (Å²) in [5.41, 5.74) is 5.31. The average molecular weight is 289 g/mol. The Labute approximate surface area is 130 Å². The molecule has 2 heteroatoms. The summed E-state index contributed by atoms with van der Waals surface area (Å²) in [7, 11) is 1.71. The fraction of sp³-hybridized carbons (Fsp3) is 0.200. The number of ether oxygens (including phenoxy) is 1. The fourth-order valence-electron chi connectivity index (χ4n) is 3.46. The van der Waals surface area contributed by atoms with Crippen LogP contribution in [0.5, 0.6) is 5.75 Å². The number of aryl methyl sites for hydroxylation is 1. The van der Waals surface area contributed by atoms with Gasteiger partial charge in [0, 0.05) is 11.1 Å². The van der Waals surface area contributed by atoms with E-state index >= 15 is 0 Å². The first-order valence-corrected chi connectivity index (χ1v) is 7.68. The summed E-state index contributed by atoms with van der Waals surface area (Å²) in [5.74, 6) is 0.919. The van der Waals surface area contributed by atoms with Gasteiger partial charge in [-0.25, -0.2) is 0 Å². The normalized spacial score (nSPS) is 16.4. The van der Waals surface area contributed by atoms with Crippen LogP contribution >= 0.6 is 0 Å². The van der Waals surface area contributed by atoms with Crippen molar-refractivity contribution in [1.29, 1.82) is 0 Å². The second-order valence-electron chi connectivity index (χ2n) is 5.94. The van der Waals surface area contributed by atoms with E-state index in [0.29, 0.717) is 6.04 Å². The van der Waals surface area contributed by atoms with E-state index in [4.69, 9.17) is 4.74 Å². The molecule has 0 bridgehead atoms. The van der Waals surface area contributed by atoms with Crippen molar-refractivity contribution in [3.8, 4) is 5.75 Å². The zero-order chi connectivity index (χ0) is 15.1. The molecular weight excluding hydrogens is 270 g/mol. The van der Waals surface area contributed by atoms with Crippen LogP contribution in [-0.2, 0) is 6.42 Å². The van der Waals surface area contributed by atoms with Crippen LogP contribution in [0.4, 0.5) is 5.69 Å². The topological polar surface area (TPSA) is 21.3 Å². The number of hydrogen-bond donors (Lipinski definition) is 1. The minimum atomic E-state index is 0.340. The lowest BCUT2D eigenvalue weighted by molar-refractivity contribution is 0.414. The van der Waals surface area contributed by atoms with Crippen LogP contribution in [-0.4, -0.2) is 7.11 Å². The number of nitrogens with one attached hydrogen (secondary N) is 1. The first kappa shape index (κ1) is 13.2. The number of rotatable bonds is 2. The Hall–Kier alpha value is -2.48. The molecule has 22 heavy (non-hydrogen) atoms. The summed E-state index contributed by atoms with van der Waals surface area (Å²) in [4.78, 5) is 0. The molecule has 1 heterocycles. The molecule has 4 rings (SSSR count). The van der Waals surface area contributed by atoms with Gasteiger partial charge in [0.2, 0.25) is 0 Å². The van der Waals surface area contributed by atoms with Gasteiger partial charge >= 0.3 is 0 Å². The third-order valence-electron chi connectivity index (χ3n) is 4.61. The van der Waals surface area contributed by atoms with Gasteiger partial charge in [0.1, 0.15) is 5.75 Å². The van der Waals surface area contributed by atoms with E-state index in [-0.39, 0.29) is 0 Å². The van der Waals surface area contributed by atoms with Gasteiger partial charge < -0.3 is 10.1 Å². The van der Waals surface area contributed by atoms with Crippen LogP contribution in [0.25, 0.3) is 10.8 Å². The molecule has 0 amide bonds. The molecule has 0 aliphatic carbocycles. The van der Waals surface area contributed by atoms with E-state index in [1.807, 2.05) is 6.07 Å². The molecular formula is C20H19NO. The first-order valence-electron chi connectivity index (χ1n) is 7.68. The van der Waals surface area contributed by atoms with Gasteiger partial charge in [0.25, 0.3) is 0 Å². The lowest BCUT2D eigenvalue weighted by atomic mass is 9.98. The number of anilines is 1. The first-order chi connectivity index (χ1) is 10.8. The van der Waals surface area contributed by atoms with Crippen molar-refractivity contribution in [2.75, 3.05) is 12.4 Å². The van der Waals surface area contributed by atoms with Crippen LogP contribution < -0.4 is 10.1 Å². The van der Waals surface area contributed by atoms with Gasteiger partial charge in [-0.05, 0) is 47.6 Å². The van der Waals surface area contributed by atoms with E-state index in [1.165, 1.54) is 33.2 Å². The minimum absolute atomic E-state index is 0.340. The molecule has 3 aromatic carbocycles. The van der Waals surface area contributed by atoms with Crippen molar-refractivity contribution in [3.05, 3.63) is 71.3 Å². The average Bonchev–Trinajstić information content (AvgIpc) is 2.99. The van der Waals surface area contributed by atoms with Crippen molar-refractivity contribution in [2.24, 2.45) is 0 Å². The number of benzene rings is 3. The molecule has 0 spiro atoms. The standard InChI is InChI=1S/C20H19NO/c1-13-11-16(22-2)9-10-17(13)19-12-15-8-7-14-5-3-4-6-18(14)20(15)21-19/h3-11,19,21H,12H2,1-2H3. The Kier molecular flexibility index (Phi) is 3.04. The molecule has 3 aromatic rings. The van der Waals surface area contributed by atoms with Crippen molar-refractivity contribution < 1.29 is 4.74 Å². The van der Waals surface area contributed by atoms with Crippen LogP contribution in [0, 0.1) is 6.92 Å². The second-order valence-corrected chi connectivity index (χ2v) is 5.94. The van der Waals surface area contributed by atoms with E-state index in [9.17, 15) is 0 Å². The van der Waals surface area contributed by atoms with Gasteiger partial charge in [-0.1, -0.05) is 42.5 Å². The predicted octanol–water partition coefficient (Wildman–Crippen LogP) is 4.87. The molecule has 1 unspecified atom stereocenters. The van der Waals surface area contributed by atoms with Crippen LogP contribution in [0.2, 0.25) is 0 Å². The highest BCUT2D eigenvalue weighted by Gasteiger charge is 2.24. The van der Waals surface area contributed by atoms with Gasteiger partial charge in [-0.2, -0.15) is 0 Å². The highest BCUT2D eigenvalue weighted by Crippen LogP contribution is 2.40. The van der Waals surface area contributed by atoms with Crippen molar-refractivity contribution >= 4 is 16.5 Å².